The van der Waals surface area contributed by atoms with Crippen molar-refractivity contribution in [2.75, 3.05) is 6.54 Å². The third kappa shape index (κ3) is 3.98. The van der Waals surface area contributed by atoms with Gasteiger partial charge in [0.15, 0.2) is 0 Å². The van der Waals surface area contributed by atoms with Crippen molar-refractivity contribution >= 4 is 5.91 Å². The van der Waals surface area contributed by atoms with Crippen LogP contribution in [0.3, 0.4) is 0 Å². The van der Waals surface area contributed by atoms with E-state index in [-0.39, 0.29) is 23.7 Å². The number of amides is 1. The highest BCUT2D eigenvalue weighted by atomic mass is 16.3. The number of phenols is 1. The molecule has 0 aliphatic carbocycles. The van der Waals surface area contributed by atoms with Crippen LogP contribution in [0.5, 0.6) is 5.75 Å². The van der Waals surface area contributed by atoms with Gasteiger partial charge in [-0.1, -0.05) is 24.3 Å². The number of phenolic OH excluding ortho intramolecular Hbond substituents is 1. The highest BCUT2D eigenvalue weighted by molar-refractivity contribution is 5.84. The van der Waals surface area contributed by atoms with Gasteiger partial charge in [0.1, 0.15) is 5.75 Å². The van der Waals surface area contributed by atoms with Gasteiger partial charge in [0.2, 0.25) is 5.91 Å². The molecule has 0 bridgehead atoms. The van der Waals surface area contributed by atoms with Crippen molar-refractivity contribution in [2.24, 2.45) is 0 Å². The Bertz CT molecular complexity index is 795. The number of benzene rings is 2. The largest absolute Gasteiger partial charge is 0.508 e. The summed E-state index contributed by atoms with van der Waals surface area (Å²) in [7, 11) is 0. The fourth-order valence-electron chi connectivity index (χ4n) is 3.15. The smallest absolute Gasteiger partial charge is 0.240 e. The van der Waals surface area contributed by atoms with E-state index >= 15 is 0 Å². The molecule has 2 aromatic carbocycles. The van der Waals surface area contributed by atoms with Crippen LogP contribution in [0.1, 0.15) is 36.1 Å². The van der Waals surface area contributed by atoms with Gasteiger partial charge in [0.05, 0.1) is 17.7 Å². The van der Waals surface area contributed by atoms with Crippen LogP contribution in [0, 0.1) is 11.3 Å². The third-order valence-corrected chi connectivity index (χ3v) is 4.58. The second-order valence-corrected chi connectivity index (χ2v) is 6.39. The lowest BCUT2D eigenvalue weighted by Gasteiger charge is -2.20. The van der Waals surface area contributed by atoms with Crippen LogP contribution >= 0.6 is 0 Å². The second-order valence-electron chi connectivity index (χ2n) is 6.39. The molecule has 5 heteroatoms. The van der Waals surface area contributed by atoms with E-state index < -0.39 is 0 Å². The molecule has 0 radical (unpaired) electrons. The lowest BCUT2D eigenvalue weighted by Crippen LogP contribution is -2.39. The minimum atomic E-state index is -0.212. The quantitative estimate of drug-likeness (QED) is 0.881. The Kier molecular flexibility index (Phi) is 5.01. The lowest BCUT2D eigenvalue weighted by atomic mass is 10.1. The van der Waals surface area contributed by atoms with Crippen molar-refractivity contribution in [3.63, 3.8) is 0 Å². The maximum atomic E-state index is 12.6. The number of nitriles is 1. The van der Waals surface area contributed by atoms with Crippen molar-refractivity contribution in [1.29, 1.82) is 5.26 Å². The number of hydrogen-bond donors (Lipinski definition) is 2. The van der Waals surface area contributed by atoms with Crippen LogP contribution in [-0.4, -0.2) is 28.5 Å². The number of likely N-dealkylation sites (tertiary alicyclic amines) is 1. The molecule has 0 saturated carbocycles. The molecule has 1 aliphatic heterocycles. The molecular weight excluding hydrogens is 314 g/mol. The number of hydrogen-bond acceptors (Lipinski definition) is 4. The number of nitrogens with one attached hydrogen (secondary N) is 1. The lowest BCUT2D eigenvalue weighted by molar-refractivity contribution is -0.130. The zero-order chi connectivity index (χ0) is 17.8. The zero-order valence-corrected chi connectivity index (χ0v) is 14.1. The summed E-state index contributed by atoms with van der Waals surface area (Å²) in [6, 6.07) is 16.3. The topological polar surface area (TPSA) is 76.4 Å². The fourth-order valence-corrected chi connectivity index (χ4v) is 3.15. The van der Waals surface area contributed by atoms with Gasteiger partial charge in [-0.15, -0.1) is 0 Å². The summed E-state index contributed by atoms with van der Waals surface area (Å²) in [4.78, 5) is 14.5. The molecule has 1 aliphatic rings. The molecule has 3 rings (SSSR count). The molecule has 1 saturated heterocycles. The van der Waals surface area contributed by atoms with Gasteiger partial charge in [0.25, 0.3) is 0 Å². The van der Waals surface area contributed by atoms with Gasteiger partial charge in [0, 0.05) is 19.1 Å². The Morgan fingerprint density at radius 1 is 1.32 bits per heavy atom. The van der Waals surface area contributed by atoms with Crippen molar-refractivity contribution in [2.45, 2.75) is 32.0 Å². The Labute approximate surface area is 147 Å². The predicted molar refractivity (Wildman–Crippen MR) is 94.6 cm³/mol. The summed E-state index contributed by atoms with van der Waals surface area (Å²) in [5.74, 6) is 0.322. The summed E-state index contributed by atoms with van der Waals surface area (Å²) < 4.78 is 0. The van der Waals surface area contributed by atoms with Crippen molar-refractivity contribution in [1.82, 2.24) is 10.2 Å². The van der Waals surface area contributed by atoms with E-state index in [1.54, 1.807) is 30.3 Å². The van der Waals surface area contributed by atoms with E-state index in [1.807, 2.05) is 30.0 Å². The van der Waals surface area contributed by atoms with Gasteiger partial charge in [-0.3, -0.25) is 10.1 Å². The monoisotopic (exact) mass is 335 g/mol. The number of aromatic hydroxyl groups is 1. The molecule has 128 valence electrons. The van der Waals surface area contributed by atoms with Crippen molar-refractivity contribution in [3.8, 4) is 11.8 Å². The molecule has 2 aromatic rings. The Hall–Kier alpha value is -2.84. The van der Waals surface area contributed by atoms with Gasteiger partial charge >= 0.3 is 0 Å². The van der Waals surface area contributed by atoms with E-state index in [0.717, 1.165) is 17.5 Å². The first kappa shape index (κ1) is 17.0. The van der Waals surface area contributed by atoms with Gasteiger partial charge in [-0.2, -0.15) is 5.26 Å². The number of nitrogens with zero attached hydrogens (tertiary/aromatic N) is 2. The highest BCUT2D eigenvalue weighted by Crippen LogP contribution is 2.22. The molecule has 0 spiro atoms. The second kappa shape index (κ2) is 7.37. The van der Waals surface area contributed by atoms with Crippen molar-refractivity contribution < 1.29 is 9.90 Å². The first-order valence-corrected chi connectivity index (χ1v) is 8.39. The molecule has 2 N–H and O–H groups in total. The molecule has 25 heavy (non-hydrogen) atoms. The van der Waals surface area contributed by atoms with Crippen LogP contribution in [-0.2, 0) is 11.3 Å². The Morgan fingerprint density at radius 2 is 2.08 bits per heavy atom. The summed E-state index contributed by atoms with van der Waals surface area (Å²) in [5.41, 5.74) is 2.60. The third-order valence-electron chi connectivity index (χ3n) is 4.58. The van der Waals surface area contributed by atoms with E-state index in [9.17, 15) is 9.90 Å². The first-order valence-electron chi connectivity index (χ1n) is 8.39. The highest BCUT2D eigenvalue weighted by Gasteiger charge is 2.32. The minimum absolute atomic E-state index is 0.0177. The molecule has 2 unspecified atom stereocenters. The molecule has 5 nitrogen and oxygen atoms in total. The average Bonchev–Trinajstić information content (AvgIpc) is 2.96. The van der Waals surface area contributed by atoms with E-state index in [0.29, 0.717) is 18.7 Å². The fraction of sp³-hybridized carbons (Fsp3) is 0.300. The van der Waals surface area contributed by atoms with E-state index in [1.165, 1.54) is 0 Å². The van der Waals surface area contributed by atoms with Crippen LogP contribution in [0.15, 0.2) is 48.5 Å². The summed E-state index contributed by atoms with van der Waals surface area (Å²) in [6.07, 6.45) is 0.762. The molecule has 0 aromatic heterocycles. The van der Waals surface area contributed by atoms with Crippen molar-refractivity contribution in [3.05, 3.63) is 65.2 Å². The van der Waals surface area contributed by atoms with Gasteiger partial charge in [-0.25, -0.2) is 0 Å². The molecular formula is C20H21N3O2. The number of rotatable bonds is 5. The number of carbonyl (C=O) groups is 1. The first-order chi connectivity index (χ1) is 12.1. The zero-order valence-electron chi connectivity index (χ0n) is 14.1. The Balaban J connectivity index is 1.60. The van der Waals surface area contributed by atoms with Crippen LogP contribution in [0.25, 0.3) is 0 Å². The molecule has 1 fully saturated rings. The maximum absolute atomic E-state index is 12.6. The molecule has 1 heterocycles. The normalized spacial score (nSPS) is 18.2. The molecule has 2 atom stereocenters. The molecule has 1 amide bonds. The summed E-state index contributed by atoms with van der Waals surface area (Å²) >= 11 is 0. The average molecular weight is 335 g/mol. The van der Waals surface area contributed by atoms with E-state index in [4.69, 9.17) is 5.26 Å². The predicted octanol–water partition coefficient (Wildman–Crippen LogP) is 2.72. The SMILES string of the molecule is CC(NC1CCN(Cc2ccc(C#N)cc2)C1=O)c1cccc(O)c1. The summed E-state index contributed by atoms with van der Waals surface area (Å²) in [5, 5.41) is 21.8. The van der Waals surface area contributed by atoms with Crippen LogP contribution < -0.4 is 5.32 Å². The van der Waals surface area contributed by atoms with Crippen LogP contribution in [0.4, 0.5) is 0 Å². The Morgan fingerprint density at radius 3 is 2.76 bits per heavy atom. The van der Waals surface area contributed by atoms with Gasteiger partial charge in [-0.05, 0) is 48.7 Å². The van der Waals surface area contributed by atoms with Crippen LogP contribution in [0.2, 0.25) is 0 Å². The van der Waals surface area contributed by atoms with Gasteiger partial charge < -0.3 is 10.0 Å². The maximum Gasteiger partial charge on any atom is 0.240 e. The number of carbonyl (C=O) groups excluding carboxylic acids is 1. The minimum Gasteiger partial charge on any atom is -0.508 e. The standard InChI is InChI=1S/C20H21N3O2/c1-14(17-3-2-4-18(24)11-17)22-19-9-10-23(20(19)25)13-16-7-5-15(12-21)6-8-16/h2-8,11,14,19,22,24H,9-10,13H2,1H3. The summed E-state index contributed by atoms with van der Waals surface area (Å²) in [6.45, 7) is 3.26. The van der Waals surface area contributed by atoms with E-state index in [2.05, 4.69) is 11.4 Å².